The first-order chi connectivity index (χ1) is 5.93. The quantitative estimate of drug-likeness (QED) is 0.690. The first-order valence-corrected chi connectivity index (χ1v) is 5.35. The Morgan fingerprint density at radius 3 is 2.15 bits per heavy atom. The van der Waals surface area contributed by atoms with Crippen molar-refractivity contribution in [2.45, 2.75) is 24.7 Å². The normalized spacial score (nSPS) is 12.0. The largest absolute Gasteiger partial charge is 0.332 e. The molecule has 4 heteroatoms. The van der Waals surface area contributed by atoms with E-state index in [2.05, 4.69) is 0 Å². The van der Waals surface area contributed by atoms with E-state index in [9.17, 15) is 12.3 Å². The minimum Gasteiger partial charge on any atom is -0.189 e. The topological polar surface area (TPSA) is 34.1 Å². The van der Waals surface area contributed by atoms with Crippen molar-refractivity contribution in [2.24, 2.45) is 0 Å². The van der Waals surface area contributed by atoms with Crippen molar-refractivity contribution in [1.29, 1.82) is 0 Å². The average Bonchev–Trinajstić information content (AvgIpc) is 2.03. The van der Waals surface area contributed by atoms with Crippen LogP contribution in [0.1, 0.15) is 25.3 Å². The summed E-state index contributed by atoms with van der Waals surface area (Å²) in [7, 11) is -4.58. The molecule has 0 fully saturated rings. The summed E-state index contributed by atoms with van der Waals surface area (Å²) < 4.78 is 34.1. The van der Waals surface area contributed by atoms with Crippen LogP contribution in [0.5, 0.6) is 0 Å². The molecule has 0 radical (unpaired) electrons. The highest BCUT2D eigenvalue weighted by Gasteiger charge is 2.17. The summed E-state index contributed by atoms with van der Waals surface area (Å²) in [6.07, 6.45) is 0. The Morgan fingerprint density at radius 1 is 1.23 bits per heavy atom. The van der Waals surface area contributed by atoms with Crippen LogP contribution in [0.15, 0.2) is 29.2 Å². The van der Waals surface area contributed by atoms with E-state index in [0.717, 1.165) is 0 Å². The minimum absolute atomic E-state index is 0.00160. The summed E-state index contributed by atoms with van der Waals surface area (Å²) in [5, 5.41) is 0. The Hall–Kier alpha value is -0.900. The van der Waals surface area contributed by atoms with Gasteiger partial charge in [0.15, 0.2) is 0 Å². The number of hydrogen-bond acceptors (Lipinski definition) is 2. The molecule has 0 spiro atoms. The molecule has 0 saturated heterocycles. The Labute approximate surface area is 77.6 Å². The van der Waals surface area contributed by atoms with Gasteiger partial charge in [0, 0.05) is 0 Å². The molecule has 2 nitrogen and oxygen atoms in total. The SMILES string of the molecule is CC(C)c1ccccc1S(=O)(=O)F. The van der Waals surface area contributed by atoms with Gasteiger partial charge in [0.05, 0.1) is 0 Å². The van der Waals surface area contributed by atoms with E-state index in [4.69, 9.17) is 0 Å². The smallest absolute Gasteiger partial charge is 0.189 e. The van der Waals surface area contributed by atoms with Crippen molar-refractivity contribution in [3.63, 3.8) is 0 Å². The number of rotatable bonds is 2. The van der Waals surface area contributed by atoms with Gasteiger partial charge in [-0.15, -0.1) is 3.89 Å². The van der Waals surface area contributed by atoms with Crippen LogP contribution in [0, 0.1) is 0 Å². The van der Waals surface area contributed by atoms with Gasteiger partial charge in [-0.25, -0.2) is 0 Å². The first-order valence-electron chi connectivity index (χ1n) is 3.96. The van der Waals surface area contributed by atoms with Gasteiger partial charge < -0.3 is 0 Å². The molecule has 1 rings (SSSR count). The fraction of sp³-hybridized carbons (Fsp3) is 0.333. The van der Waals surface area contributed by atoms with Crippen LogP contribution in [0.2, 0.25) is 0 Å². The van der Waals surface area contributed by atoms with Crippen molar-refractivity contribution < 1.29 is 12.3 Å². The minimum atomic E-state index is -4.58. The molecule has 0 aliphatic rings. The zero-order valence-corrected chi connectivity index (χ0v) is 8.31. The van der Waals surface area contributed by atoms with Gasteiger partial charge in [-0.2, -0.15) is 8.42 Å². The van der Waals surface area contributed by atoms with Crippen LogP contribution >= 0.6 is 0 Å². The highest BCUT2D eigenvalue weighted by molar-refractivity contribution is 7.86. The standard InChI is InChI=1S/C9H11FO2S/c1-7(2)8-5-3-4-6-9(8)13(10,11)12/h3-7H,1-2H3. The molecular formula is C9H11FO2S. The molecule has 0 atom stereocenters. The molecule has 0 bridgehead atoms. The van der Waals surface area contributed by atoms with E-state index in [-0.39, 0.29) is 10.8 Å². The van der Waals surface area contributed by atoms with Gasteiger partial charge in [-0.1, -0.05) is 32.0 Å². The van der Waals surface area contributed by atoms with Crippen molar-refractivity contribution in [3.05, 3.63) is 29.8 Å². The second-order valence-electron chi connectivity index (χ2n) is 3.13. The van der Waals surface area contributed by atoms with E-state index in [1.807, 2.05) is 13.8 Å². The Balaban J connectivity index is 3.37. The molecule has 1 aromatic carbocycles. The van der Waals surface area contributed by atoms with E-state index >= 15 is 0 Å². The van der Waals surface area contributed by atoms with Gasteiger partial charge in [-0.05, 0) is 17.5 Å². The summed E-state index contributed by atoms with van der Waals surface area (Å²) in [6.45, 7) is 3.65. The molecule has 0 saturated carbocycles. The van der Waals surface area contributed by atoms with Crippen LogP contribution in [-0.2, 0) is 10.2 Å². The zero-order chi connectivity index (χ0) is 10.1. The zero-order valence-electron chi connectivity index (χ0n) is 7.49. The lowest BCUT2D eigenvalue weighted by Crippen LogP contribution is -1.99. The molecule has 0 N–H and O–H groups in total. The molecule has 72 valence electrons. The van der Waals surface area contributed by atoms with E-state index < -0.39 is 10.2 Å². The number of halogens is 1. The summed E-state index contributed by atoms with van der Waals surface area (Å²) >= 11 is 0. The number of hydrogen-bond donors (Lipinski definition) is 0. The molecule has 0 unspecified atom stereocenters. The monoisotopic (exact) mass is 202 g/mol. The van der Waals surface area contributed by atoms with Crippen LogP contribution in [0.25, 0.3) is 0 Å². The lowest BCUT2D eigenvalue weighted by molar-refractivity contribution is 0.549. The third-order valence-electron chi connectivity index (χ3n) is 1.80. The van der Waals surface area contributed by atoms with Gasteiger partial charge in [-0.3, -0.25) is 0 Å². The second-order valence-corrected chi connectivity index (χ2v) is 4.45. The third kappa shape index (κ3) is 2.28. The molecule has 0 heterocycles. The van der Waals surface area contributed by atoms with Gasteiger partial charge in [0.1, 0.15) is 4.90 Å². The maximum absolute atomic E-state index is 12.7. The second kappa shape index (κ2) is 3.46. The fourth-order valence-corrected chi connectivity index (χ4v) is 2.01. The van der Waals surface area contributed by atoms with E-state index in [1.165, 1.54) is 12.1 Å². The predicted octanol–water partition coefficient (Wildman–Crippen LogP) is 2.47. The average molecular weight is 202 g/mol. The molecule has 0 aliphatic heterocycles. The lowest BCUT2D eigenvalue weighted by Gasteiger charge is -2.08. The Morgan fingerprint density at radius 2 is 1.77 bits per heavy atom. The summed E-state index contributed by atoms with van der Waals surface area (Å²) in [5.74, 6) is 0.00160. The predicted molar refractivity (Wildman–Crippen MR) is 48.8 cm³/mol. The first kappa shape index (κ1) is 10.2. The molecule has 0 aromatic heterocycles. The Bertz CT molecular complexity index is 396. The van der Waals surface area contributed by atoms with Crippen LogP contribution in [-0.4, -0.2) is 8.42 Å². The van der Waals surface area contributed by atoms with Crippen LogP contribution in [0.3, 0.4) is 0 Å². The number of benzene rings is 1. The fourth-order valence-electron chi connectivity index (χ4n) is 1.18. The van der Waals surface area contributed by atoms with Crippen molar-refractivity contribution in [2.75, 3.05) is 0 Å². The van der Waals surface area contributed by atoms with Crippen molar-refractivity contribution in [3.8, 4) is 0 Å². The molecule has 1 aromatic rings. The van der Waals surface area contributed by atoms with Gasteiger partial charge in [0.25, 0.3) is 0 Å². The summed E-state index contributed by atoms with van der Waals surface area (Å²) in [4.78, 5) is -0.218. The van der Waals surface area contributed by atoms with Gasteiger partial charge >= 0.3 is 10.2 Å². The highest BCUT2D eigenvalue weighted by atomic mass is 32.3. The van der Waals surface area contributed by atoms with Crippen LogP contribution in [0.4, 0.5) is 3.89 Å². The van der Waals surface area contributed by atoms with Crippen molar-refractivity contribution in [1.82, 2.24) is 0 Å². The lowest BCUT2D eigenvalue weighted by atomic mass is 10.0. The Kier molecular flexibility index (Phi) is 2.71. The van der Waals surface area contributed by atoms with Crippen LogP contribution < -0.4 is 0 Å². The molecular weight excluding hydrogens is 191 g/mol. The van der Waals surface area contributed by atoms with E-state index in [0.29, 0.717) is 5.56 Å². The summed E-state index contributed by atoms with van der Waals surface area (Å²) in [5.41, 5.74) is 0.519. The molecule has 0 amide bonds. The molecule has 0 aliphatic carbocycles. The van der Waals surface area contributed by atoms with E-state index in [1.54, 1.807) is 12.1 Å². The third-order valence-corrected chi connectivity index (χ3v) is 2.70. The molecule has 13 heavy (non-hydrogen) atoms. The maximum atomic E-state index is 12.7. The summed E-state index contributed by atoms with van der Waals surface area (Å²) in [6, 6.07) is 6.12. The highest BCUT2D eigenvalue weighted by Crippen LogP contribution is 2.24. The maximum Gasteiger partial charge on any atom is 0.332 e. The van der Waals surface area contributed by atoms with Gasteiger partial charge in [0.2, 0.25) is 0 Å². The van der Waals surface area contributed by atoms with Crippen molar-refractivity contribution >= 4 is 10.2 Å².